The Morgan fingerprint density at radius 1 is 0.868 bits per heavy atom. The van der Waals surface area contributed by atoms with E-state index in [2.05, 4.69) is 20.9 Å². The summed E-state index contributed by atoms with van der Waals surface area (Å²) in [6, 6.07) is 26.3. The average molecular weight is 543 g/mol. The zero-order chi connectivity index (χ0) is 26.7. The van der Waals surface area contributed by atoms with Gasteiger partial charge in [-0.3, -0.25) is 19.4 Å². The van der Waals surface area contributed by atoms with Crippen molar-refractivity contribution in [1.82, 2.24) is 10.3 Å². The predicted octanol–water partition coefficient (Wildman–Crippen LogP) is 5.88. The predicted molar refractivity (Wildman–Crippen MR) is 152 cm³/mol. The van der Waals surface area contributed by atoms with Crippen molar-refractivity contribution >= 4 is 58.5 Å². The minimum absolute atomic E-state index is 0.0593. The van der Waals surface area contributed by atoms with Gasteiger partial charge in [-0.05, 0) is 60.2 Å². The van der Waals surface area contributed by atoms with E-state index in [0.29, 0.717) is 27.5 Å². The van der Waals surface area contributed by atoms with Crippen LogP contribution in [0.25, 0.3) is 6.08 Å². The summed E-state index contributed by atoms with van der Waals surface area (Å²) in [5, 5.41) is 8.76. The molecule has 3 N–H and O–H groups in total. The van der Waals surface area contributed by atoms with Gasteiger partial charge in [-0.25, -0.2) is 0 Å². The first-order chi connectivity index (χ1) is 18.5. The number of rotatable bonds is 9. The van der Waals surface area contributed by atoms with Crippen molar-refractivity contribution in [3.8, 4) is 0 Å². The zero-order valence-corrected chi connectivity index (χ0v) is 21.6. The molecular weight excluding hydrogens is 520 g/mol. The van der Waals surface area contributed by atoms with Crippen LogP contribution in [0.3, 0.4) is 0 Å². The fourth-order valence-corrected chi connectivity index (χ4v) is 4.27. The first-order valence-corrected chi connectivity index (χ1v) is 12.9. The summed E-state index contributed by atoms with van der Waals surface area (Å²) in [6.45, 7) is 0. The molecule has 1 heterocycles. The third kappa shape index (κ3) is 7.80. The molecule has 9 heteroatoms. The van der Waals surface area contributed by atoms with E-state index in [1.807, 2.05) is 6.07 Å². The molecule has 4 rings (SSSR count). The molecule has 0 atom stereocenters. The molecule has 3 aromatic carbocycles. The Bertz CT molecular complexity index is 1460. The first-order valence-electron chi connectivity index (χ1n) is 11.5. The summed E-state index contributed by atoms with van der Waals surface area (Å²) in [5.74, 6) is -0.966. The quantitative estimate of drug-likeness (QED) is 0.181. The van der Waals surface area contributed by atoms with E-state index in [1.54, 1.807) is 103 Å². The fraction of sp³-hybridized carbons (Fsp3) is 0.0345. The number of benzene rings is 3. The maximum Gasteiger partial charge on any atom is 0.272 e. The molecule has 7 nitrogen and oxygen atoms in total. The van der Waals surface area contributed by atoms with Crippen LogP contribution in [0.15, 0.2) is 114 Å². The van der Waals surface area contributed by atoms with Gasteiger partial charge >= 0.3 is 0 Å². The van der Waals surface area contributed by atoms with Crippen molar-refractivity contribution in [1.29, 1.82) is 0 Å². The monoisotopic (exact) mass is 542 g/mol. The largest absolute Gasteiger partial charge is 0.324 e. The molecule has 4 aromatic rings. The van der Waals surface area contributed by atoms with E-state index in [9.17, 15) is 14.4 Å². The second-order valence-corrected chi connectivity index (χ2v) is 9.42. The molecule has 0 radical (unpaired) electrons. The lowest BCUT2D eigenvalue weighted by Gasteiger charge is -2.12. The van der Waals surface area contributed by atoms with Gasteiger partial charge in [-0.1, -0.05) is 54.1 Å². The Morgan fingerprint density at radius 3 is 2.42 bits per heavy atom. The number of carbonyl (C=O) groups excluding carboxylic acids is 3. The molecule has 0 saturated heterocycles. The number of aromatic nitrogens is 1. The smallest absolute Gasteiger partial charge is 0.272 e. The molecule has 0 spiro atoms. The highest BCUT2D eigenvalue weighted by Gasteiger charge is 2.15. The van der Waals surface area contributed by atoms with Crippen LogP contribution >= 0.6 is 23.4 Å². The topological polar surface area (TPSA) is 100 Å². The number of amides is 3. The Balaban J connectivity index is 1.43. The van der Waals surface area contributed by atoms with E-state index in [-0.39, 0.29) is 17.4 Å². The summed E-state index contributed by atoms with van der Waals surface area (Å²) < 4.78 is 0. The number of hydrogen-bond acceptors (Lipinski definition) is 5. The summed E-state index contributed by atoms with van der Waals surface area (Å²) in [4.78, 5) is 43.2. The minimum Gasteiger partial charge on any atom is -0.324 e. The minimum atomic E-state index is -0.503. The number of hydrogen-bond donors (Lipinski definition) is 3. The van der Waals surface area contributed by atoms with Crippen molar-refractivity contribution < 1.29 is 14.4 Å². The van der Waals surface area contributed by atoms with E-state index in [0.717, 1.165) is 4.90 Å². The Hall–Kier alpha value is -4.40. The number of thioether (sulfide) groups is 1. The van der Waals surface area contributed by atoms with Crippen molar-refractivity contribution in [3.63, 3.8) is 0 Å². The van der Waals surface area contributed by atoms with E-state index < -0.39 is 11.8 Å². The molecule has 38 heavy (non-hydrogen) atoms. The maximum absolute atomic E-state index is 13.2. The SMILES string of the molecule is O=C(CSc1cccc(NC(=O)/C(=C/c2cccnc2)NC(=O)c2ccccc2)c1)Nc1ccccc1Cl. The van der Waals surface area contributed by atoms with Crippen molar-refractivity contribution in [2.45, 2.75) is 4.90 Å². The zero-order valence-electron chi connectivity index (χ0n) is 20.1. The fourth-order valence-electron chi connectivity index (χ4n) is 3.33. The molecule has 190 valence electrons. The number of pyridine rings is 1. The Morgan fingerprint density at radius 2 is 1.66 bits per heavy atom. The summed E-state index contributed by atoms with van der Waals surface area (Å²) in [6.07, 6.45) is 4.77. The number of nitrogens with zero attached hydrogens (tertiary/aromatic N) is 1. The van der Waals surface area contributed by atoms with Crippen LogP contribution in [0, 0.1) is 0 Å². The molecule has 0 aliphatic carbocycles. The number of carbonyl (C=O) groups is 3. The molecule has 0 bridgehead atoms. The van der Waals surface area contributed by atoms with Crippen LogP contribution in [-0.4, -0.2) is 28.5 Å². The molecule has 0 unspecified atom stereocenters. The molecule has 3 amide bonds. The lowest BCUT2D eigenvalue weighted by Crippen LogP contribution is -2.30. The van der Waals surface area contributed by atoms with Crippen LogP contribution in [0.5, 0.6) is 0 Å². The lowest BCUT2D eigenvalue weighted by atomic mass is 10.2. The van der Waals surface area contributed by atoms with Gasteiger partial charge in [-0.2, -0.15) is 0 Å². The standard InChI is InChI=1S/C29H23ClN4O3S/c30-24-13-4-5-14-25(24)33-27(35)19-38-23-12-6-11-22(17-23)32-29(37)26(16-20-8-7-15-31-18-20)34-28(36)21-9-2-1-3-10-21/h1-18H,19H2,(H,32,37)(H,33,35)(H,34,36)/b26-16-. The molecule has 0 aliphatic heterocycles. The van der Waals surface area contributed by atoms with E-state index in [4.69, 9.17) is 11.6 Å². The molecular formula is C29H23ClN4O3S. The maximum atomic E-state index is 13.2. The first kappa shape index (κ1) is 26.7. The number of anilines is 2. The van der Waals surface area contributed by atoms with Crippen LogP contribution in [-0.2, 0) is 9.59 Å². The highest BCUT2D eigenvalue weighted by molar-refractivity contribution is 8.00. The summed E-state index contributed by atoms with van der Waals surface area (Å²) >= 11 is 7.42. The third-order valence-corrected chi connectivity index (χ3v) is 6.46. The van der Waals surface area contributed by atoms with Gasteiger partial charge in [0.15, 0.2) is 0 Å². The number of nitrogens with one attached hydrogen (secondary N) is 3. The van der Waals surface area contributed by atoms with Crippen molar-refractivity contribution in [2.24, 2.45) is 0 Å². The molecule has 0 saturated carbocycles. The Labute approximate surface area is 229 Å². The van der Waals surface area contributed by atoms with Crippen molar-refractivity contribution in [2.75, 3.05) is 16.4 Å². The number of para-hydroxylation sites is 1. The van der Waals surface area contributed by atoms with Gasteiger partial charge in [0, 0.05) is 28.5 Å². The molecule has 1 aromatic heterocycles. The highest BCUT2D eigenvalue weighted by Crippen LogP contribution is 2.24. The highest BCUT2D eigenvalue weighted by atomic mass is 35.5. The molecule has 0 fully saturated rings. The van der Waals surface area contributed by atoms with E-state index >= 15 is 0 Å². The van der Waals surface area contributed by atoms with Gasteiger partial charge in [0.05, 0.1) is 16.5 Å². The van der Waals surface area contributed by atoms with Gasteiger partial charge < -0.3 is 16.0 Å². The van der Waals surface area contributed by atoms with Gasteiger partial charge in [0.2, 0.25) is 5.91 Å². The van der Waals surface area contributed by atoms with Crippen LogP contribution in [0.4, 0.5) is 11.4 Å². The average Bonchev–Trinajstić information content (AvgIpc) is 2.94. The Kier molecular flexibility index (Phi) is 9.28. The van der Waals surface area contributed by atoms with Gasteiger partial charge in [0.25, 0.3) is 11.8 Å². The van der Waals surface area contributed by atoms with Crippen LogP contribution in [0.1, 0.15) is 15.9 Å². The van der Waals surface area contributed by atoms with Crippen molar-refractivity contribution in [3.05, 3.63) is 125 Å². The number of halogens is 1. The van der Waals surface area contributed by atoms with Crippen LogP contribution in [0.2, 0.25) is 5.02 Å². The third-order valence-electron chi connectivity index (χ3n) is 5.13. The second-order valence-electron chi connectivity index (χ2n) is 7.96. The van der Waals surface area contributed by atoms with Gasteiger partial charge in [-0.15, -0.1) is 11.8 Å². The summed E-state index contributed by atoms with van der Waals surface area (Å²) in [7, 11) is 0. The second kappa shape index (κ2) is 13.2. The summed E-state index contributed by atoms with van der Waals surface area (Å²) in [5.41, 5.74) is 2.19. The van der Waals surface area contributed by atoms with Crippen LogP contribution < -0.4 is 16.0 Å². The van der Waals surface area contributed by atoms with E-state index in [1.165, 1.54) is 11.8 Å². The normalized spacial score (nSPS) is 10.9. The lowest BCUT2D eigenvalue weighted by molar-refractivity contribution is -0.114. The van der Waals surface area contributed by atoms with Gasteiger partial charge in [0.1, 0.15) is 5.70 Å². The molecule has 0 aliphatic rings.